The minimum Gasteiger partial charge on any atom is -0.247 e. The second-order valence-electron chi connectivity index (χ2n) is 3.67. The molecule has 0 atom stereocenters. The average Bonchev–Trinajstić information content (AvgIpc) is 2.21. The number of aryl methyl sites for hydroxylation is 2. The highest BCUT2D eigenvalue weighted by molar-refractivity contribution is 9.10. The van der Waals surface area contributed by atoms with E-state index in [1.807, 2.05) is 25.1 Å². The number of rotatable bonds is 2. The van der Waals surface area contributed by atoms with E-state index >= 15 is 0 Å². The predicted molar refractivity (Wildman–Crippen MR) is 74.8 cm³/mol. The molecule has 0 aliphatic heterocycles. The van der Waals surface area contributed by atoms with Crippen LogP contribution >= 0.6 is 39.3 Å². The van der Waals surface area contributed by atoms with E-state index in [9.17, 15) is 0 Å². The second kappa shape index (κ2) is 5.38. The van der Waals surface area contributed by atoms with E-state index in [1.165, 1.54) is 17.3 Å². The molecule has 2 aromatic rings. The molecular weight excluding hydrogens is 320 g/mol. The van der Waals surface area contributed by atoms with Gasteiger partial charge in [0.25, 0.3) is 0 Å². The number of aromatic nitrogens is 2. The summed E-state index contributed by atoms with van der Waals surface area (Å²) in [6.45, 7) is 4.03. The lowest BCUT2D eigenvalue weighted by Gasteiger charge is -2.05. The van der Waals surface area contributed by atoms with Gasteiger partial charge in [-0.15, -0.1) is 0 Å². The Morgan fingerprint density at radius 3 is 2.65 bits per heavy atom. The second-order valence-corrected chi connectivity index (χ2v) is 6.00. The van der Waals surface area contributed by atoms with Crippen molar-refractivity contribution in [2.75, 3.05) is 0 Å². The summed E-state index contributed by atoms with van der Waals surface area (Å²) < 4.78 is 0.875. The summed E-state index contributed by atoms with van der Waals surface area (Å²) >= 11 is 10.9. The Balaban J connectivity index is 2.31. The Bertz CT molecular complexity index is 540. The summed E-state index contributed by atoms with van der Waals surface area (Å²) in [5, 5.41) is 2.32. The number of pyridine rings is 2. The van der Waals surface area contributed by atoms with Crippen LogP contribution in [0.25, 0.3) is 0 Å². The Morgan fingerprint density at radius 1 is 1.24 bits per heavy atom. The van der Waals surface area contributed by atoms with Gasteiger partial charge in [-0.2, -0.15) is 0 Å². The largest absolute Gasteiger partial charge is 0.247 e. The normalized spacial score (nSPS) is 10.6. The third-order valence-corrected chi connectivity index (χ3v) is 3.82. The molecule has 0 aromatic carbocycles. The fraction of sp³-hybridized carbons (Fsp3) is 0.167. The maximum atomic E-state index is 6.12. The summed E-state index contributed by atoms with van der Waals surface area (Å²) in [5.74, 6) is 0. The van der Waals surface area contributed by atoms with Crippen LogP contribution < -0.4 is 0 Å². The van der Waals surface area contributed by atoms with Gasteiger partial charge in [-0.25, -0.2) is 9.97 Å². The van der Waals surface area contributed by atoms with E-state index in [4.69, 9.17) is 11.6 Å². The zero-order valence-electron chi connectivity index (χ0n) is 9.37. The summed E-state index contributed by atoms with van der Waals surface area (Å²) in [4.78, 5) is 8.72. The highest BCUT2D eigenvalue weighted by atomic mass is 79.9. The van der Waals surface area contributed by atoms with Gasteiger partial charge in [0, 0.05) is 16.4 Å². The Morgan fingerprint density at radius 2 is 2.00 bits per heavy atom. The van der Waals surface area contributed by atoms with Crippen LogP contribution in [-0.4, -0.2) is 9.97 Å². The van der Waals surface area contributed by atoms with Crippen LogP contribution in [0, 0.1) is 13.8 Å². The number of nitrogens with zero attached hydrogens (tertiary/aromatic N) is 2. The quantitative estimate of drug-likeness (QED) is 0.801. The van der Waals surface area contributed by atoms with Crippen LogP contribution in [0.5, 0.6) is 0 Å². The zero-order valence-corrected chi connectivity index (χ0v) is 12.5. The lowest BCUT2D eigenvalue weighted by molar-refractivity contribution is 1.03. The van der Waals surface area contributed by atoms with Gasteiger partial charge in [-0.05, 0) is 65.3 Å². The first-order valence-corrected chi connectivity index (χ1v) is 6.97. The molecule has 17 heavy (non-hydrogen) atoms. The molecule has 0 radical (unpaired) electrons. The zero-order chi connectivity index (χ0) is 12.4. The van der Waals surface area contributed by atoms with Crippen molar-refractivity contribution < 1.29 is 0 Å². The topological polar surface area (TPSA) is 25.8 Å². The lowest BCUT2D eigenvalue weighted by atomic mass is 10.3. The van der Waals surface area contributed by atoms with Crippen LogP contribution in [0.4, 0.5) is 0 Å². The highest BCUT2D eigenvalue weighted by Gasteiger charge is 2.07. The predicted octanol–water partition coefficient (Wildman–Crippen LogP) is 4.66. The molecule has 0 spiro atoms. The van der Waals surface area contributed by atoms with Crippen molar-refractivity contribution in [2.45, 2.75) is 23.9 Å². The molecule has 2 rings (SSSR count). The summed E-state index contributed by atoms with van der Waals surface area (Å²) in [5.41, 5.74) is 2.19. The summed E-state index contributed by atoms with van der Waals surface area (Å²) in [7, 11) is 0. The molecule has 0 fully saturated rings. The molecule has 2 aromatic heterocycles. The van der Waals surface area contributed by atoms with E-state index in [0.717, 1.165) is 20.2 Å². The molecule has 0 bridgehead atoms. The number of halogens is 2. The van der Waals surface area contributed by atoms with Crippen LogP contribution in [0.3, 0.4) is 0 Å². The first kappa shape index (κ1) is 12.9. The highest BCUT2D eigenvalue weighted by Crippen LogP contribution is 2.32. The van der Waals surface area contributed by atoms with Crippen molar-refractivity contribution in [3.63, 3.8) is 0 Å². The number of hydrogen-bond acceptors (Lipinski definition) is 3. The Labute approximate surface area is 118 Å². The molecule has 2 heterocycles. The number of hydrogen-bond donors (Lipinski definition) is 0. The first-order valence-electron chi connectivity index (χ1n) is 4.99. The fourth-order valence-electron chi connectivity index (χ4n) is 1.43. The minimum atomic E-state index is 0.630. The molecule has 5 heteroatoms. The molecule has 0 unspecified atom stereocenters. The van der Waals surface area contributed by atoms with Crippen molar-refractivity contribution in [1.82, 2.24) is 9.97 Å². The van der Waals surface area contributed by atoms with Crippen LogP contribution in [0.1, 0.15) is 11.3 Å². The monoisotopic (exact) mass is 328 g/mol. The smallest absolute Gasteiger partial charge is 0.121 e. The molecule has 2 nitrogen and oxygen atoms in total. The Kier molecular flexibility index (Phi) is 4.07. The van der Waals surface area contributed by atoms with Gasteiger partial charge in [0.2, 0.25) is 0 Å². The standard InChI is InChI=1S/C12H10BrClN2S/c1-7-3-8(2)16-11(4-7)17-12-10(14)5-9(13)6-15-12/h3-6H,1-2H3. The van der Waals surface area contributed by atoms with Crippen molar-refractivity contribution in [1.29, 1.82) is 0 Å². The molecule has 0 amide bonds. The molecule has 0 aliphatic rings. The van der Waals surface area contributed by atoms with Crippen molar-refractivity contribution in [3.05, 3.63) is 45.1 Å². The van der Waals surface area contributed by atoms with Gasteiger partial charge in [-0.1, -0.05) is 11.6 Å². The Hall–Kier alpha value is -0.580. The minimum absolute atomic E-state index is 0.630. The van der Waals surface area contributed by atoms with E-state index in [-0.39, 0.29) is 0 Å². The summed E-state index contributed by atoms with van der Waals surface area (Å²) in [6, 6.07) is 5.90. The van der Waals surface area contributed by atoms with Crippen molar-refractivity contribution >= 4 is 39.3 Å². The van der Waals surface area contributed by atoms with Crippen LogP contribution in [0.2, 0.25) is 5.02 Å². The first-order chi connectivity index (χ1) is 8.04. The molecule has 88 valence electrons. The SMILES string of the molecule is Cc1cc(C)nc(Sc2ncc(Br)cc2Cl)c1. The van der Waals surface area contributed by atoms with Crippen molar-refractivity contribution in [2.24, 2.45) is 0 Å². The van der Waals surface area contributed by atoms with Gasteiger partial charge in [0.1, 0.15) is 10.1 Å². The third-order valence-electron chi connectivity index (χ3n) is 2.05. The maximum Gasteiger partial charge on any atom is 0.121 e. The van der Waals surface area contributed by atoms with Gasteiger partial charge < -0.3 is 0 Å². The molecule has 0 aliphatic carbocycles. The van der Waals surface area contributed by atoms with E-state index in [0.29, 0.717) is 5.02 Å². The molecule has 0 saturated carbocycles. The lowest BCUT2D eigenvalue weighted by Crippen LogP contribution is -1.88. The van der Waals surface area contributed by atoms with E-state index in [1.54, 1.807) is 6.20 Å². The molecule has 0 saturated heterocycles. The van der Waals surface area contributed by atoms with Crippen LogP contribution in [0.15, 0.2) is 38.9 Å². The van der Waals surface area contributed by atoms with Gasteiger partial charge >= 0.3 is 0 Å². The molecular formula is C12H10BrClN2S. The van der Waals surface area contributed by atoms with Gasteiger partial charge in [-0.3, -0.25) is 0 Å². The average molecular weight is 330 g/mol. The molecule has 0 N–H and O–H groups in total. The summed E-state index contributed by atoms with van der Waals surface area (Å²) in [6.07, 6.45) is 1.73. The maximum absolute atomic E-state index is 6.12. The van der Waals surface area contributed by atoms with Crippen LogP contribution in [-0.2, 0) is 0 Å². The van der Waals surface area contributed by atoms with Gasteiger partial charge in [0.05, 0.1) is 5.02 Å². The van der Waals surface area contributed by atoms with E-state index < -0.39 is 0 Å². The van der Waals surface area contributed by atoms with Gasteiger partial charge in [0.15, 0.2) is 0 Å². The van der Waals surface area contributed by atoms with Crippen molar-refractivity contribution in [3.8, 4) is 0 Å². The van der Waals surface area contributed by atoms with E-state index in [2.05, 4.69) is 32.8 Å². The fourth-order valence-corrected chi connectivity index (χ4v) is 3.07. The third kappa shape index (κ3) is 3.44.